The van der Waals surface area contributed by atoms with Gasteiger partial charge in [-0.1, -0.05) is 13.3 Å². The summed E-state index contributed by atoms with van der Waals surface area (Å²) < 4.78 is 0. The van der Waals surface area contributed by atoms with Crippen LogP contribution in [-0.4, -0.2) is 11.9 Å². The molecule has 0 amide bonds. The van der Waals surface area contributed by atoms with Crippen molar-refractivity contribution in [3.05, 3.63) is 0 Å². The van der Waals surface area contributed by atoms with Gasteiger partial charge in [-0.05, 0) is 19.8 Å². The number of rotatable bonds is 2. The average molecular weight is 186 g/mol. The molecule has 0 aromatic rings. The molecule has 4 heteroatoms. The molecule has 1 saturated carbocycles. The van der Waals surface area contributed by atoms with Crippen LogP contribution in [0.3, 0.4) is 0 Å². The van der Waals surface area contributed by atoms with E-state index in [1.54, 1.807) is 6.92 Å². The van der Waals surface area contributed by atoms with E-state index < -0.39 is 17.4 Å². The van der Waals surface area contributed by atoms with Gasteiger partial charge in [-0.2, -0.15) is 0 Å². The Hall–Kier alpha value is -1.06. The van der Waals surface area contributed by atoms with E-state index in [1.165, 1.54) is 0 Å². The van der Waals surface area contributed by atoms with Gasteiger partial charge < -0.3 is 0 Å². The van der Waals surface area contributed by atoms with Crippen molar-refractivity contribution in [2.45, 2.75) is 39.5 Å². The Labute approximate surface area is 77.1 Å². The van der Waals surface area contributed by atoms with E-state index in [2.05, 4.69) is 9.78 Å². The average Bonchev–Trinajstić information content (AvgIpc) is 2.09. The molecule has 0 aromatic heterocycles. The molecule has 0 unspecified atom stereocenters. The number of carbonyl (C=O) groups excluding carboxylic acids is 2. The third-order valence-corrected chi connectivity index (χ3v) is 2.45. The molecule has 1 fully saturated rings. The van der Waals surface area contributed by atoms with E-state index in [4.69, 9.17) is 0 Å². The summed E-state index contributed by atoms with van der Waals surface area (Å²) in [5, 5.41) is 0. The van der Waals surface area contributed by atoms with Crippen LogP contribution in [0.25, 0.3) is 0 Å². The van der Waals surface area contributed by atoms with Crippen LogP contribution >= 0.6 is 0 Å². The third-order valence-electron chi connectivity index (χ3n) is 2.45. The summed E-state index contributed by atoms with van der Waals surface area (Å²) in [6.07, 6.45) is 2.88. The number of carbonyl (C=O) groups is 2. The summed E-state index contributed by atoms with van der Waals surface area (Å²) in [7, 11) is 0. The highest BCUT2D eigenvalue weighted by Crippen LogP contribution is 2.41. The third kappa shape index (κ3) is 2.20. The predicted molar refractivity (Wildman–Crippen MR) is 44.4 cm³/mol. The molecule has 0 bridgehead atoms. The first kappa shape index (κ1) is 10.0. The van der Waals surface area contributed by atoms with Gasteiger partial charge in [-0.3, -0.25) is 0 Å². The maximum atomic E-state index is 11.3. The molecule has 0 radical (unpaired) electrons. The fraction of sp³-hybridized carbons (Fsp3) is 0.778. The highest BCUT2D eigenvalue weighted by molar-refractivity contribution is 5.78. The minimum absolute atomic E-state index is 0.212. The van der Waals surface area contributed by atoms with Gasteiger partial charge in [0, 0.05) is 6.42 Å². The Balaban J connectivity index is 2.29. The number of hydrogen-bond donors (Lipinski definition) is 0. The van der Waals surface area contributed by atoms with Crippen LogP contribution in [0, 0.1) is 5.41 Å². The van der Waals surface area contributed by atoms with Crippen molar-refractivity contribution in [3.63, 3.8) is 0 Å². The molecule has 0 atom stereocenters. The van der Waals surface area contributed by atoms with Crippen molar-refractivity contribution in [1.82, 2.24) is 0 Å². The van der Waals surface area contributed by atoms with Gasteiger partial charge in [0.1, 0.15) is 0 Å². The highest BCUT2D eigenvalue weighted by atomic mass is 17.2. The second-order valence-electron chi connectivity index (χ2n) is 3.59. The van der Waals surface area contributed by atoms with Gasteiger partial charge >= 0.3 is 11.9 Å². The van der Waals surface area contributed by atoms with Crippen LogP contribution in [0.4, 0.5) is 0 Å². The standard InChI is InChI=1S/C9H14O4/c1-3-7(10)12-13-8(11)9(2)5-4-6-9/h3-6H2,1-2H3. The van der Waals surface area contributed by atoms with Crippen molar-refractivity contribution in [2.75, 3.05) is 0 Å². The lowest BCUT2D eigenvalue weighted by molar-refractivity contribution is -0.268. The monoisotopic (exact) mass is 186 g/mol. The first-order valence-electron chi connectivity index (χ1n) is 4.50. The molecular formula is C9H14O4. The Kier molecular flexibility index (Phi) is 2.90. The van der Waals surface area contributed by atoms with Gasteiger partial charge in [0.05, 0.1) is 5.41 Å². The zero-order chi connectivity index (χ0) is 9.90. The highest BCUT2D eigenvalue weighted by Gasteiger charge is 2.42. The van der Waals surface area contributed by atoms with Crippen LogP contribution in [0.15, 0.2) is 0 Å². The lowest BCUT2D eigenvalue weighted by Gasteiger charge is -2.34. The van der Waals surface area contributed by atoms with Crippen molar-refractivity contribution < 1.29 is 19.4 Å². The quantitative estimate of drug-likeness (QED) is 0.485. The first-order valence-corrected chi connectivity index (χ1v) is 4.50. The van der Waals surface area contributed by atoms with Crippen LogP contribution < -0.4 is 0 Å². The maximum absolute atomic E-state index is 11.3. The van der Waals surface area contributed by atoms with Crippen molar-refractivity contribution >= 4 is 11.9 Å². The molecule has 74 valence electrons. The topological polar surface area (TPSA) is 52.6 Å². The second kappa shape index (κ2) is 3.77. The smallest absolute Gasteiger partial charge is 0.247 e. The lowest BCUT2D eigenvalue weighted by Crippen LogP contribution is -2.36. The summed E-state index contributed by atoms with van der Waals surface area (Å²) in [6, 6.07) is 0. The SMILES string of the molecule is CCC(=O)OOC(=O)C1(C)CCC1. The van der Waals surface area contributed by atoms with Crippen LogP contribution in [0.1, 0.15) is 39.5 Å². The molecule has 1 rings (SSSR count). The molecule has 0 aliphatic heterocycles. The largest absolute Gasteiger partial charge is 0.361 e. The van der Waals surface area contributed by atoms with E-state index in [0.717, 1.165) is 19.3 Å². The van der Waals surface area contributed by atoms with Crippen molar-refractivity contribution in [3.8, 4) is 0 Å². The van der Waals surface area contributed by atoms with Gasteiger partial charge in [-0.25, -0.2) is 19.4 Å². The molecule has 1 aliphatic carbocycles. The zero-order valence-electron chi connectivity index (χ0n) is 7.96. The van der Waals surface area contributed by atoms with E-state index in [1.807, 2.05) is 6.92 Å². The summed E-state index contributed by atoms with van der Waals surface area (Å²) in [5.41, 5.74) is -0.423. The number of hydrogen-bond acceptors (Lipinski definition) is 4. The zero-order valence-corrected chi connectivity index (χ0v) is 7.96. The normalized spacial score (nSPS) is 18.6. The van der Waals surface area contributed by atoms with Gasteiger partial charge in [-0.15, -0.1) is 0 Å². The summed E-state index contributed by atoms with van der Waals surface area (Å²) in [5.74, 6) is -0.947. The lowest BCUT2D eigenvalue weighted by atomic mass is 9.71. The minimum Gasteiger partial charge on any atom is -0.247 e. The molecule has 0 saturated heterocycles. The molecule has 4 nitrogen and oxygen atoms in total. The molecule has 13 heavy (non-hydrogen) atoms. The Morgan fingerprint density at radius 2 is 1.92 bits per heavy atom. The summed E-state index contributed by atoms with van der Waals surface area (Å²) >= 11 is 0. The Bertz CT molecular complexity index is 218. The van der Waals surface area contributed by atoms with Crippen LogP contribution in [0.2, 0.25) is 0 Å². The molecule has 0 heterocycles. The van der Waals surface area contributed by atoms with Gasteiger partial charge in [0.25, 0.3) is 0 Å². The fourth-order valence-corrected chi connectivity index (χ4v) is 1.16. The molecule has 0 N–H and O–H groups in total. The predicted octanol–water partition coefficient (Wildman–Crippen LogP) is 1.59. The van der Waals surface area contributed by atoms with E-state index in [9.17, 15) is 9.59 Å². The van der Waals surface area contributed by atoms with Crippen molar-refractivity contribution in [1.29, 1.82) is 0 Å². The molecule has 1 aliphatic rings. The summed E-state index contributed by atoms with van der Waals surface area (Å²) in [4.78, 5) is 30.6. The Morgan fingerprint density at radius 1 is 1.31 bits per heavy atom. The minimum atomic E-state index is -0.517. The Morgan fingerprint density at radius 3 is 2.31 bits per heavy atom. The van der Waals surface area contributed by atoms with Crippen molar-refractivity contribution in [2.24, 2.45) is 5.41 Å². The van der Waals surface area contributed by atoms with E-state index in [0.29, 0.717) is 0 Å². The molecular weight excluding hydrogens is 172 g/mol. The van der Waals surface area contributed by atoms with E-state index in [-0.39, 0.29) is 6.42 Å². The van der Waals surface area contributed by atoms with E-state index >= 15 is 0 Å². The fourth-order valence-electron chi connectivity index (χ4n) is 1.16. The maximum Gasteiger partial charge on any atom is 0.361 e. The summed E-state index contributed by atoms with van der Waals surface area (Å²) in [6.45, 7) is 3.46. The van der Waals surface area contributed by atoms with Gasteiger partial charge in [0.15, 0.2) is 0 Å². The van der Waals surface area contributed by atoms with Crippen LogP contribution in [-0.2, 0) is 19.4 Å². The second-order valence-corrected chi connectivity index (χ2v) is 3.59. The first-order chi connectivity index (χ1) is 6.08. The molecule has 0 spiro atoms. The van der Waals surface area contributed by atoms with Crippen LogP contribution in [0.5, 0.6) is 0 Å². The van der Waals surface area contributed by atoms with Gasteiger partial charge in [0.2, 0.25) is 0 Å². The molecule has 0 aromatic carbocycles.